The predicted octanol–water partition coefficient (Wildman–Crippen LogP) is 3.65. The number of aliphatic hydroxyl groups is 1. The van der Waals surface area contributed by atoms with Gasteiger partial charge in [0, 0.05) is 19.1 Å². The topological polar surface area (TPSA) is 32.7 Å². The first-order chi connectivity index (χ1) is 11.0. The summed E-state index contributed by atoms with van der Waals surface area (Å²) in [5.74, 6) is 0.793. The fourth-order valence-electron chi connectivity index (χ4n) is 2.54. The van der Waals surface area contributed by atoms with Crippen LogP contribution in [0.2, 0.25) is 0 Å². The van der Waals surface area contributed by atoms with Crippen LogP contribution in [0.5, 0.6) is 5.75 Å². The van der Waals surface area contributed by atoms with Gasteiger partial charge in [-0.25, -0.2) is 0 Å². The van der Waals surface area contributed by atoms with Crippen LogP contribution in [-0.4, -0.2) is 35.3 Å². The maximum atomic E-state index is 10.3. The number of benzene rings is 2. The maximum Gasteiger partial charge on any atom is 0.119 e. The highest BCUT2D eigenvalue weighted by molar-refractivity contribution is 5.22. The highest BCUT2D eigenvalue weighted by atomic mass is 16.5. The van der Waals surface area contributed by atoms with Crippen molar-refractivity contribution in [1.29, 1.82) is 0 Å². The third-order valence-electron chi connectivity index (χ3n) is 3.83. The van der Waals surface area contributed by atoms with Crippen LogP contribution in [0.1, 0.15) is 25.0 Å². The molecule has 0 bridgehead atoms. The number of rotatable bonds is 8. The van der Waals surface area contributed by atoms with Crippen molar-refractivity contribution < 1.29 is 9.84 Å². The van der Waals surface area contributed by atoms with Crippen molar-refractivity contribution in [2.24, 2.45) is 0 Å². The lowest BCUT2D eigenvalue weighted by Crippen LogP contribution is -2.39. The zero-order valence-corrected chi connectivity index (χ0v) is 14.3. The van der Waals surface area contributed by atoms with Crippen molar-refractivity contribution in [2.75, 3.05) is 13.2 Å². The van der Waals surface area contributed by atoms with E-state index in [1.165, 1.54) is 11.1 Å². The van der Waals surface area contributed by atoms with E-state index in [0.29, 0.717) is 19.2 Å². The van der Waals surface area contributed by atoms with Crippen LogP contribution in [0.25, 0.3) is 0 Å². The summed E-state index contributed by atoms with van der Waals surface area (Å²) in [6.07, 6.45) is -0.512. The second-order valence-electron chi connectivity index (χ2n) is 6.29. The van der Waals surface area contributed by atoms with E-state index in [1.54, 1.807) is 0 Å². The maximum absolute atomic E-state index is 10.3. The lowest BCUT2D eigenvalue weighted by atomic mass is 10.1. The molecule has 0 aliphatic carbocycles. The number of hydrogen-bond donors (Lipinski definition) is 1. The van der Waals surface area contributed by atoms with Crippen molar-refractivity contribution in [3.8, 4) is 5.75 Å². The molecule has 23 heavy (non-hydrogen) atoms. The van der Waals surface area contributed by atoms with Gasteiger partial charge in [0.25, 0.3) is 0 Å². The summed E-state index contributed by atoms with van der Waals surface area (Å²) in [6, 6.07) is 18.5. The Morgan fingerprint density at radius 3 is 2.43 bits per heavy atom. The third kappa shape index (κ3) is 6.05. The molecule has 0 aliphatic rings. The zero-order valence-electron chi connectivity index (χ0n) is 14.3. The number of nitrogens with zero attached hydrogens (tertiary/aromatic N) is 1. The van der Waals surface area contributed by atoms with Gasteiger partial charge in [-0.05, 0) is 38.5 Å². The van der Waals surface area contributed by atoms with E-state index in [2.05, 4.69) is 49.9 Å². The van der Waals surface area contributed by atoms with Gasteiger partial charge in [0.05, 0.1) is 0 Å². The first kappa shape index (κ1) is 17.5. The van der Waals surface area contributed by atoms with Gasteiger partial charge in [0.1, 0.15) is 18.5 Å². The van der Waals surface area contributed by atoms with Crippen molar-refractivity contribution in [3.05, 3.63) is 65.7 Å². The fraction of sp³-hybridized carbons (Fsp3) is 0.400. The summed E-state index contributed by atoms with van der Waals surface area (Å²) in [5, 5.41) is 10.3. The Kier molecular flexibility index (Phi) is 6.63. The first-order valence-electron chi connectivity index (χ1n) is 8.20. The SMILES string of the molecule is Cc1cccc(CN(C[C@H](O)COc2ccccc2)C(C)C)c1. The molecule has 2 aromatic rings. The molecule has 0 heterocycles. The Hall–Kier alpha value is -1.84. The second kappa shape index (κ2) is 8.70. The first-order valence-corrected chi connectivity index (χ1v) is 8.20. The van der Waals surface area contributed by atoms with Crippen LogP contribution in [0, 0.1) is 6.92 Å². The Balaban J connectivity index is 1.88. The minimum absolute atomic E-state index is 0.307. The quantitative estimate of drug-likeness (QED) is 0.807. The van der Waals surface area contributed by atoms with Crippen LogP contribution in [0.15, 0.2) is 54.6 Å². The van der Waals surface area contributed by atoms with E-state index in [4.69, 9.17) is 4.74 Å². The highest BCUT2D eigenvalue weighted by Crippen LogP contribution is 2.12. The lowest BCUT2D eigenvalue weighted by Gasteiger charge is -2.29. The molecule has 0 saturated heterocycles. The van der Waals surface area contributed by atoms with Gasteiger partial charge in [-0.3, -0.25) is 4.90 Å². The van der Waals surface area contributed by atoms with Gasteiger partial charge in [0.15, 0.2) is 0 Å². The Bertz CT molecular complexity index is 583. The van der Waals surface area contributed by atoms with E-state index in [-0.39, 0.29) is 0 Å². The zero-order chi connectivity index (χ0) is 16.7. The van der Waals surface area contributed by atoms with Gasteiger partial charge in [0.2, 0.25) is 0 Å². The number of ether oxygens (including phenoxy) is 1. The number of hydrogen-bond acceptors (Lipinski definition) is 3. The molecular formula is C20H27NO2. The summed E-state index contributed by atoms with van der Waals surface area (Å²) in [7, 11) is 0. The van der Waals surface area contributed by atoms with Gasteiger partial charge in [-0.15, -0.1) is 0 Å². The van der Waals surface area contributed by atoms with Crippen LogP contribution in [0.3, 0.4) is 0 Å². The molecular weight excluding hydrogens is 286 g/mol. The Labute approximate surface area is 139 Å². The van der Waals surface area contributed by atoms with Crippen molar-refractivity contribution >= 4 is 0 Å². The third-order valence-corrected chi connectivity index (χ3v) is 3.83. The smallest absolute Gasteiger partial charge is 0.119 e. The Morgan fingerprint density at radius 1 is 1.04 bits per heavy atom. The fourth-order valence-corrected chi connectivity index (χ4v) is 2.54. The molecule has 0 radical (unpaired) electrons. The van der Waals surface area contributed by atoms with E-state index < -0.39 is 6.10 Å². The number of para-hydroxylation sites is 1. The van der Waals surface area contributed by atoms with E-state index in [9.17, 15) is 5.11 Å². The summed E-state index contributed by atoms with van der Waals surface area (Å²) in [4.78, 5) is 2.27. The number of aliphatic hydroxyl groups excluding tert-OH is 1. The second-order valence-corrected chi connectivity index (χ2v) is 6.29. The molecule has 0 amide bonds. The molecule has 0 saturated carbocycles. The molecule has 2 aromatic carbocycles. The van der Waals surface area contributed by atoms with E-state index >= 15 is 0 Å². The molecule has 0 spiro atoms. The average Bonchev–Trinajstić information content (AvgIpc) is 2.53. The van der Waals surface area contributed by atoms with E-state index in [1.807, 2.05) is 30.3 Å². The molecule has 2 rings (SSSR count). The van der Waals surface area contributed by atoms with Crippen molar-refractivity contribution in [2.45, 2.75) is 39.5 Å². The molecule has 0 unspecified atom stereocenters. The van der Waals surface area contributed by atoms with Crippen LogP contribution in [0.4, 0.5) is 0 Å². The minimum Gasteiger partial charge on any atom is -0.491 e. The standard InChI is InChI=1S/C20H27NO2/c1-16(2)21(13-18-9-7-8-17(3)12-18)14-19(22)15-23-20-10-5-4-6-11-20/h4-12,16,19,22H,13-15H2,1-3H3/t19-/m0/s1. The summed E-state index contributed by atoms with van der Waals surface area (Å²) in [5.41, 5.74) is 2.54. The van der Waals surface area contributed by atoms with Gasteiger partial charge in [-0.2, -0.15) is 0 Å². The molecule has 124 valence electrons. The molecule has 1 N–H and O–H groups in total. The molecule has 3 nitrogen and oxygen atoms in total. The molecule has 1 atom stereocenters. The summed E-state index contributed by atoms with van der Waals surface area (Å²) >= 11 is 0. The number of aryl methyl sites for hydroxylation is 1. The van der Waals surface area contributed by atoms with Gasteiger partial charge < -0.3 is 9.84 Å². The normalized spacial score (nSPS) is 12.6. The predicted molar refractivity (Wildman–Crippen MR) is 94.7 cm³/mol. The molecule has 3 heteroatoms. The average molecular weight is 313 g/mol. The molecule has 0 fully saturated rings. The van der Waals surface area contributed by atoms with Crippen LogP contribution in [-0.2, 0) is 6.54 Å². The lowest BCUT2D eigenvalue weighted by molar-refractivity contribution is 0.0543. The Morgan fingerprint density at radius 2 is 1.78 bits per heavy atom. The molecule has 0 aromatic heterocycles. The minimum atomic E-state index is -0.512. The van der Waals surface area contributed by atoms with Gasteiger partial charge in [-0.1, -0.05) is 48.0 Å². The van der Waals surface area contributed by atoms with Crippen molar-refractivity contribution in [1.82, 2.24) is 4.90 Å². The van der Waals surface area contributed by atoms with Crippen LogP contribution < -0.4 is 4.74 Å². The van der Waals surface area contributed by atoms with Crippen LogP contribution >= 0.6 is 0 Å². The summed E-state index contributed by atoms with van der Waals surface area (Å²) < 4.78 is 5.64. The monoisotopic (exact) mass is 313 g/mol. The largest absolute Gasteiger partial charge is 0.491 e. The highest BCUT2D eigenvalue weighted by Gasteiger charge is 2.16. The summed E-state index contributed by atoms with van der Waals surface area (Å²) in [6.45, 7) is 8.15. The van der Waals surface area contributed by atoms with E-state index in [0.717, 1.165) is 12.3 Å². The van der Waals surface area contributed by atoms with Crippen molar-refractivity contribution in [3.63, 3.8) is 0 Å². The molecule has 0 aliphatic heterocycles. The van der Waals surface area contributed by atoms with Gasteiger partial charge >= 0.3 is 0 Å².